The van der Waals surface area contributed by atoms with E-state index < -0.39 is 0 Å². The van der Waals surface area contributed by atoms with Crippen molar-refractivity contribution in [2.24, 2.45) is 11.3 Å². The highest BCUT2D eigenvalue weighted by atomic mass is 16.3. The van der Waals surface area contributed by atoms with E-state index in [0.29, 0.717) is 17.6 Å². The van der Waals surface area contributed by atoms with Crippen molar-refractivity contribution >= 4 is 0 Å². The van der Waals surface area contributed by atoms with Crippen LogP contribution in [0.15, 0.2) is 41.5 Å². The molecule has 1 saturated carbocycles. The third kappa shape index (κ3) is 1.65. The quantitative estimate of drug-likeness (QED) is 0.552. The van der Waals surface area contributed by atoms with E-state index in [0.717, 1.165) is 25.7 Å². The fraction of sp³-hybridized carbons (Fsp3) is 0.400. The van der Waals surface area contributed by atoms with Crippen LogP contribution in [0.4, 0.5) is 0 Å². The topological polar surface area (TPSA) is 20.2 Å². The first kappa shape index (κ1) is 12.8. The van der Waals surface area contributed by atoms with Crippen molar-refractivity contribution in [1.82, 2.24) is 0 Å². The van der Waals surface area contributed by atoms with Gasteiger partial charge in [0.1, 0.15) is 5.75 Å². The Balaban J connectivity index is 1.76. The molecule has 3 aliphatic carbocycles. The lowest BCUT2D eigenvalue weighted by molar-refractivity contribution is 0.224. The molecule has 1 fully saturated rings. The molecule has 3 unspecified atom stereocenters. The molecule has 3 atom stereocenters. The summed E-state index contributed by atoms with van der Waals surface area (Å²) in [4.78, 5) is 0. The zero-order chi connectivity index (χ0) is 14.6. The van der Waals surface area contributed by atoms with Crippen LogP contribution in [-0.2, 0) is 6.42 Å². The lowest BCUT2D eigenvalue weighted by Gasteiger charge is -2.45. The second kappa shape index (κ2) is 4.28. The van der Waals surface area contributed by atoms with Gasteiger partial charge in [-0.3, -0.25) is 0 Å². The number of hydrogen-bond donors (Lipinski definition) is 1. The van der Waals surface area contributed by atoms with Crippen LogP contribution in [-0.4, -0.2) is 5.11 Å². The van der Waals surface area contributed by atoms with Gasteiger partial charge in [0.15, 0.2) is 0 Å². The number of phenolic OH excluding ortho intramolecular Hbond substituents is 1. The zero-order valence-electron chi connectivity index (χ0n) is 12.4. The van der Waals surface area contributed by atoms with Gasteiger partial charge in [0.2, 0.25) is 0 Å². The molecule has 0 spiro atoms. The van der Waals surface area contributed by atoms with E-state index in [1.165, 1.54) is 16.7 Å². The van der Waals surface area contributed by atoms with Crippen molar-refractivity contribution in [3.63, 3.8) is 0 Å². The molecule has 0 heterocycles. The zero-order valence-corrected chi connectivity index (χ0v) is 12.4. The number of allylic oxidation sites excluding steroid dienone is 4. The van der Waals surface area contributed by atoms with Crippen LogP contribution < -0.4 is 0 Å². The Hall–Kier alpha value is -1.94. The smallest absolute Gasteiger partial charge is 0.115 e. The molecule has 4 rings (SSSR count). The summed E-state index contributed by atoms with van der Waals surface area (Å²) in [5, 5.41) is 9.69. The molecular weight excluding hydrogens is 256 g/mol. The van der Waals surface area contributed by atoms with Crippen LogP contribution in [0.25, 0.3) is 0 Å². The summed E-state index contributed by atoms with van der Waals surface area (Å²) in [6, 6.07) is 5.88. The Morgan fingerprint density at radius 2 is 2.19 bits per heavy atom. The lowest BCUT2D eigenvalue weighted by Crippen LogP contribution is -2.35. The lowest BCUT2D eigenvalue weighted by atomic mass is 9.58. The SMILES string of the molecule is C#CC1=CCC2C3=CCc4cc(O)ccc4C3CCC12C. The summed E-state index contributed by atoms with van der Waals surface area (Å²) in [6.45, 7) is 2.35. The molecule has 1 aromatic rings. The molecule has 1 aromatic carbocycles. The average molecular weight is 276 g/mol. The van der Waals surface area contributed by atoms with Gasteiger partial charge in [0, 0.05) is 16.9 Å². The predicted octanol–water partition coefficient (Wildman–Crippen LogP) is 4.34. The summed E-state index contributed by atoms with van der Waals surface area (Å²) in [7, 11) is 0. The second-order valence-electron chi connectivity index (χ2n) is 6.85. The van der Waals surface area contributed by atoms with Crippen LogP contribution >= 0.6 is 0 Å². The number of terminal acetylenes is 1. The molecule has 0 bridgehead atoms. The highest BCUT2D eigenvalue weighted by Gasteiger charge is 2.48. The van der Waals surface area contributed by atoms with Crippen LogP contribution in [0, 0.1) is 23.7 Å². The molecule has 21 heavy (non-hydrogen) atoms. The maximum absolute atomic E-state index is 9.69. The van der Waals surface area contributed by atoms with Crippen molar-refractivity contribution in [3.05, 3.63) is 52.6 Å². The molecular formula is C20H20O. The Morgan fingerprint density at radius 3 is 3.00 bits per heavy atom. The number of fused-ring (bicyclic) bond motifs is 5. The molecule has 1 N–H and O–H groups in total. The third-order valence-electron chi connectivity index (χ3n) is 5.91. The molecule has 0 amide bonds. The Kier molecular flexibility index (Phi) is 2.60. The summed E-state index contributed by atoms with van der Waals surface area (Å²) in [6.07, 6.45) is 14.8. The second-order valence-corrected chi connectivity index (χ2v) is 6.85. The van der Waals surface area contributed by atoms with Crippen molar-refractivity contribution in [3.8, 4) is 18.1 Å². The van der Waals surface area contributed by atoms with E-state index in [1.807, 2.05) is 12.1 Å². The third-order valence-corrected chi connectivity index (χ3v) is 5.91. The van der Waals surface area contributed by atoms with Crippen molar-refractivity contribution in [1.29, 1.82) is 0 Å². The summed E-state index contributed by atoms with van der Waals surface area (Å²) in [5.41, 5.74) is 5.68. The van der Waals surface area contributed by atoms with E-state index in [-0.39, 0.29) is 5.41 Å². The van der Waals surface area contributed by atoms with Crippen molar-refractivity contribution < 1.29 is 5.11 Å². The van der Waals surface area contributed by atoms with Crippen LogP contribution in [0.1, 0.15) is 43.2 Å². The van der Waals surface area contributed by atoms with E-state index in [2.05, 4.69) is 31.1 Å². The molecule has 0 saturated heterocycles. The molecule has 0 aromatic heterocycles. The number of rotatable bonds is 0. The Bertz CT molecular complexity index is 716. The molecule has 0 radical (unpaired) electrons. The van der Waals surface area contributed by atoms with Crippen LogP contribution in [0.3, 0.4) is 0 Å². The first-order chi connectivity index (χ1) is 10.1. The normalized spacial score (nSPS) is 33.1. The molecule has 106 valence electrons. The van der Waals surface area contributed by atoms with Crippen molar-refractivity contribution in [2.75, 3.05) is 0 Å². The largest absolute Gasteiger partial charge is 0.508 e. The number of aromatic hydroxyl groups is 1. The highest BCUT2D eigenvalue weighted by Crippen LogP contribution is 2.59. The minimum absolute atomic E-state index is 0.172. The van der Waals surface area contributed by atoms with Gasteiger partial charge >= 0.3 is 0 Å². The predicted molar refractivity (Wildman–Crippen MR) is 85.0 cm³/mol. The van der Waals surface area contributed by atoms with Gasteiger partial charge in [-0.15, -0.1) is 6.42 Å². The van der Waals surface area contributed by atoms with Gasteiger partial charge in [-0.1, -0.05) is 36.6 Å². The Morgan fingerprint density at radius 1 is 1.33 bits per heavy atom. The van der Waals surface area contributed by atoms with Gasteiger partial charge < -0.3 is 5.11 Å². The van der Waals surface area contributed by atoms with Crippen LogP contribution in [0.2, 0.25) is 0 Å². The maximum Gasteiger partial charge on any atom is 0.115 e. The van der Waals surface area contributed by atoms with E-state index in [4.69, 9.17) is 6.42 Å². The maximum atomic E-state index is 9.69. The number of hydrogen-bond acceptors (Lipinski definition) is 1. The van der Waals surface area contributed by atoms with Gasteiger partial charge in [0.25, 0.3) is 0 Å². The average Bonchev–Trinajstić information content (AvgIpc) is 2.83. The van der Waals surface area contributed by atoms with E-state index >= 15 is 0 Å². The number of benzene rings is 1. The van der Waals surface area contributed by atoms with Crippen LogP contribution in [0.5, 0.6) is 5.75 Å². The van der Waals surface area contributed by atoms with Gasteiger partial charge in [0.05, 0.1) is 0 Å². The standard InChI is InChI=1S/C20H20O/c1-3-14-5-9-19-18-7-4-13-12-15(21)6-8-16(13)17(18)10-11-20(14,19)2/h1,5-8,12,17,19,21H,4,9-11H2,2H3. The first-order valence-corrected chi connectivity index (χ1v) is 7.82. The highest BCUT2D eigenvalue weighted by molar-refractivity contribution is 5.50. The van der Waals surface area contributed by atoms with Gasteiger partial charge in [-0.25, -0.2) is 0 Å². The van der Waals surface area contributed by atoms with Crippen molar-refractivity contribution in [2.45, 2.75) is 38.5 Å². The minimum Gasteiger partial charge on any atom is -0.508 e. The molecule has 1 heteroatoms. The van der Waals surface area contributed by atoms with Gasteiger partial charge in [-0.2, -0.15) is 0 Å². The molecule has 3 aliphatic rings. The number of phenols is 1. The summed E-state index contributed by atoms with van der Waals surface area (Å²) < 4.78 is 0. The molecule has 0 aliphatic heterocycles. The first-order valence-electron chi connectivity index (χ1n) is 7.82. The fourth-order valence-electron chi connectivity index (χ4n) is 4.76. The fourth-order valence-corrected chi connectivity index (χ4v) is 4.76. The molecule has 1 nitrogen and oxygen atoms in total. The summed E-state index contributed by atoms with van der Waals surface area (Å²) in [5.74, 6) is 4.40. The van der Waals surface area contributed by atoms with Gasteiger partial charge in [-0.05, 0) is 54.9 Å². The van der Waals surface area contributed by atoms with E-state index in [1.54, 1.807) is 5.57 Å². The summed E-state index contributed by atoms with van der Waals surface area (Å²) >= 11 is 0. The Labute approximate surface area is 126 Å². The van der Waals surface area contributed by atoms with E-state index in [9.17, 15) is 5.11 Å². The monoisotopic (exact) mass is 276 g/mol. The minimum atomic E-state index is 0.172.